The van der Waals surface area contributed by atoms with E-state index in [1.807, 2.05) is 18.2 Å². The molecule has 0 aliphatic rings. The number of nitro groups is 1. The molecule has 0 amide bonds. The van der Waals surface area contributed by atoms with Gasteiger partial charge in [-0.25, -0.2) is 0 Å². The van der Waals surface area contributed by atoms with Crippen LogP contribution in [0.5, 0.6) is 5.75 Å². The fraction of sp³-hybridized carbons (Fsp3) is 0. The van der Waals surface area contributed by atoms with Crippen molar-refractivity contribution >= 4 is 11.4 Å². The number of benzene rings is 2. The van der Waals surface area contributed by atoms with Crippen LogP contribution in [0, 0.1) is 10.1 Å². The van der Waals surface area contributed by atoms with E-state index in [1.54, 1.807) is 12.1 Å². The SMILES string of the molecule is O=[N+]([O-])c1ccc(N=NOc2ccccc2)cc1. The smallest absolute Gasteiger partial charge is 0.269 e. The Bertz CT molecular complexity index is 553. The summed E-state index contributed by atoms with van der Waals surface area (Å²) in [7, 11) is 0. The molecule has 0 bridgehead atoms. The van der Waals surface area contributed by atoms with Gasteiger partial charge >= 0.3 is 0 Å². The number of hydrogen-bond acceptors (Lipinski definition) is 5. The van der Waals surface area contributed by atoms with E-state index in [1.165, 1.54) is 24.3 Å². The fourth-order valence-corrected chi connectivity index (χ4v) is 1.24. The summed E-state index contributed by atoms with van der Waals surface area (Å²) < 4.78 is 0. The lowest BCUT2D eigenvalue weighted by molar-refractivity contribution is -0.384. The standard InChI is InChI=1S/C12H9N3O3/c16-15(17)11-8-6-10(7-9-11)13-14-18-12-4-2-1-3-5-12/h1-9H. The number of para-hydroxylation sites is 1. The molecule has 2 aromatic carbocycles. The van der Waals surface area contributed by atoms with Crippen LogP contribution in [0.3, 0.4) is 0 Å². The highest BCUT2D eigenvalue weighted by Gasteiger charge is 2.02. The minimum Gasteiger partial charge on any atom is -0.339 e. The fourth-order valence-electron chi connectivity index (χ4n) is 1.24. The van der Waals surface area contributed by atoms with Crippen LogP contribution in [-0.2, 0) is 0 Å². The molecule has 0 saturated heterocycles. The molecule has 0 heterocycles. The van der Waals surface area contributed by atoms with Crippen LogP contribution in [0.25, 0.3) is 0 Å². The maximum atomic E-state index is 10.4. The third kappa shape index (κ3) is 3.11. The van der Waals surface area contributed by atoms with Gasteiger partial charge in [-0.15, -0.1) is 5.11 Å². The van der Waals surface area contributed by atoms with Crippen LogP contribution in [0.4, 0.5) is 11.4 Å². The summed E-state index contributed by atoms with van der Waals surface area (Å²) in [4.78, 5) is 15.0. The Hall–Kier alpha value is -2.76. The van der Waals surface area contributed by atoms with Gasteiger partial charge in [-0.1, -0.05) is 18.2 Å². The third-order valence-corrected chi connectivity index (χ3v) is 2.11. The molecule has 0 aliphatic heterocycles. The molecule has 0 spiro atoms. The molecular weight excluding hydrogens is 234 g/mol. The van der Waals surface area contributed by atoms with Gasteiger partial charge in [-0.05, 0) is 24.3 Å². The van der Waals surface area contributed by atoms with Crippen molar-refractivity contribution in [3.8, 4) is 5.75 Å². The molecule has 90 valence electrons. The Kier molecular flexibility index (Phi) is 3.60. The highest BCUT2D eigenvalue weighted by molar-refractivity contribution is 5.43. The second-order valence-electron chi connectivity index (χ2n) is 3.36. The van der Waals surface area contributed by atoms with Crippen molar-refractivity contribution in [3.63, 3.8) is 0 Å². The van der Waals surface area contributed by atoms with Crippen molar-refractivity contribution in [1.29, 1.82) is 0 Å². The monoisotopic (exact) mass is 243 g/mol. The summed E-state index contributed by atoms with van der Waals surface area (Å²) in [5, 5.41) is 17.8. The summed E-state index contributed by atoms with van der Waals surface area (Å²) in [5.41, 5.74) is 0.495. The predicted octanol–water partition coefficient (Wildman–Crippen LogP) is 3.67. The Labute approximate surface area is 103 Å². The van der Waals surface area contributed by atoms with Gasteiger partial charge in [0.2, 0.25) is 0 Å². The van der Waals surface area contributed by atoms with E-state index in [4.69, 9.17) is 4.84 Å². The number of nitro benzene ring substituents is 1. The summed E-state index contributed by atoms with van der Waals surface area (Å²) in [6, 6.07) is 14.7. The largest absolute Gasteiger partial charge is 0.339 e. The minimum atomic E-state index is -0.471. The lowest BCUT2D eigenvalue weighted by atomic mass is 10.3. The minimum absolute atomic E-state index is 0.0120. The average Bonchev–Trinajstić information content (AvgIpc) is 2.40. The molecule has 2 aromatic rings. The number of hydrogen-bond donors (Lipinski definition) is 0. The number of non-ortho nitro benzene ring substituents is 1. The van der Waals surface area contributed by atoms with Gasteiger partial charge in [0.05, 0.1) is 10.6 Å². The Morgan fingerprint density at radius 1 is 1.00 bits per heavy atom. The van der Waals surface area contributed by atoms with Crippen molar-refractivity contribution in [1.82, 2.24) is 0 Å². The normalized spacial score (nSPS) is 10.4. The molecule has 18 heavy (non-hydrogen) atoms. The van der Waals surface area contributed by atoms with Crippen LogP contribution in [0.15, 0.2) is 65.0 Å². The van der Waals surface area contributed by atoms with Crippen LogP contribution < -0.4 is 4.84 Å². The van der Waals surface area contributed by atoms with Gasteiger partial charge in [0.25, 0.3) is 5.69 Å². The van der Waals surface area contributed by atoms with E-state index < -0.39 is 4.92 Å². The molecule has 6 nitrogen and oxygen atoms in total. The molecule has 0 atom stereocenters. The zero-order valence-electron chi connectivity index (χ0n) is 9.26. The maximum absolute atomic E-state index is 10.4. The van der Waals surface area contributed by atoms with Crippen molar-refractivity contribution in [3.05, 3.63) is 64.7 Å². The second-order valence-corrected chi connectivity index (χ2v) is 3.36. The van der Waals surface area contributed by atoms with Crippen LogP contribution in [0.1, 0.15) is 0 Å². The molecule has 6 heteroatoms. The first kappa shape index (κ1) is 11.7. The number of nitrogens with zero attached hydrogens (tertiary/aromatic N) is 3. The molecule has 0 fully saturated rings. The predicted molar refractivity (Wildman–Crippen MR) is 64.7 cm³/mol. The van der Waals surface area contributed by atoms with Crippen LogP contribution in [0.2, 0.25) is 0 Å². The van der Waals surface area contributed by atoms with E-state index in [9.17, 15) is 10.1 Å². The topological polar surface area (TPSA) is 77.1 Å². The van der Waals surface area contributed by atoms with Crippen molar-refractivity contribution < 1.29 is 9.76 Å². The van der Waals surface area contributed by atoms with Crippen molar-refractivity contribution in [2.75, 3.05) is 0 Å². The third-order valence-electron chi connectivity index (χ3n) is 2.11. The molecule has 2 rings (SSSR count). The Morgan fingerprint density at radius 3 is 2.28 bits per heavy atom. The van der Waals surface area contributed by atoms with Crippen molar-refractivity contribution in [2.45, 2.75) is 0 Å². The van der Waals surface area contributed by atoms with E-state index in [2.05, 4.69) is 10.4 Å². The molecule has 0 N–H and O–H groups in total. The number of rotatable bonds is 4. The van der Waals surface area contributed by atoms with Crippen LogP contribution >= 0.6 is 0 Å². The zero-order valence-corrected chi connectivity index (χ0v) is 9.26. The first-order chi connectivity index (χ1) is 8.75. The van der Waals surface area contributed by atoms with Gasteiger partial charge in [-0.2, -0.15) is 0 Å². The summed E-state index contributed by atoms with van der Waals surface area (Å²) in [5.74, 6) is 0.572. The van der Waals surface area contributed by atoms with Crippen molar-refractivity contribution in [2.24, 2.45) is 10.4 Å². The summed E-state index contributed by atoms with van der Waals surface area (Å²) >= 11 is 0. The maximum Gasteiger partial charge on any atom is 0.269 e. The average molecular weight is 243 g/mol. The molecule has 0 unspecified atom stereocenters. The Morgan fingerprint density at radius 2 is 1.67 bits per heavy atom. The van der Waals surface area contributed by atoms with Gasteiger partial charge in [0.15, 0.2) is 5.75 Å². The molecule has 0 aliphatic carbocycles. The zero-order chi connectivity index (χ0) is 12.8. The second kappa shape index (κ2) is 5.53. The Balaban J connectivity index is 1.99. The molecule has 0 saturated carbocycles. The van der Waals surface area contributed by atoms with E-state index in [0.717, 1.165) is 0 Å². The van der Waals surface area contributed by atoms with Gasteiger partial charge in [0.1, 0.15) is 0 Å². The molecular formula is C12H9N3O3. The van der Waals surface area contributed by atoms with Gasteiger partial charge < -0.3 is 4.84 Å². The quantitative estimate of drug-likeness (QED) is 0.467. The van der Waals surface area contributed by atoms with Gasteiger partial charge in [-0.3, -0.25) is 10.1 Å². The van der Waals surface area contributed by atoms with Gasteiger partial charge in [0, 0.05) is 17.4 Å². The van der Waals surface area contributed by atoms with E-state index >= 15 is 0 Å². The first-order valence-corrected chi connectivity index (χ1v) is 5.13. The lowest BCUT2D eigenvalue weighted by Gasteiger charge is -1.95. The van der Waals surface area contributed by atoms with E-state index in [0.29, 0.717) is 11.4 Å². The molecule has 0 aromatic heterocycles. The summed E-state index contributed by atoms with van der Waals surface area (Å²) in [6.07, 6.45) is 0. The van der Waals surface area contributed by atoms with Crippen LogP contribution in [-0.4, -0.2) is 4.92 Å². The van der Waals surface area contributed by atoms with E-state index in [-0.39, 0.29) is 5.69 Å². The highest BCUT2D eigenvalue weighted by atomic mass is 16.6. The summed E-state index contributed by atoms with van der Waals surface area (Å²) in [6.45, 7) is 0. The highest BCUT2D eigenvalue weighted by Crippen LogP contribution is 2.18. The lowest BCUT2D eigenvalue weighted by Crippen LogP contribution is -1.85. The first-order valence-electron chi connectivity index (χ1n) is 5.13. The molecule has 0 radical (unpaired) electrons.